The van der Waals surface area contributed by atoms with Crippen molar-refractivity contribution >= 4 is 39.7 Å². The Kier molecular flexibility index (Phi) is 14.5. The molecule has 0 saturated heterocycles. The van der Waals surface area contributed by atoms with Crippen molar-refractivity contribution < 1.29 is 26.2 Å². The molecule has 0 bridgehead atoms. The van der Waals surface area contributed by atoms with Crippen LogP contribution in [0.5, 0.6) is 0 Å². The van der Waals surface area contributed by atoms with Gasteiger partial charge in [-0.2, -0.15) is 55.6 Å². The fraction of sp³-hybridized carbons (Fsp3) is 0.560. The molecular weight excluding hydrogens is 534 g/mol. The van der Waals surface area contributed by atoms with E-state index >= 15 is 0 Å². The molecule has 0 aliphatic heterocycles. The van der Waals surface area contributed by atoms with Crippen LogP contribution in [0.1, 0.15) is 76.4 Å². The van der Waals surface area contributed by atoms with Crippen molar-refractivity contribution in [3.8, 4) is 0 Å². The number of hydrogen-bond acceptors (Lipinski definition) is 1. The molecule has 1 radical (unpaired) electrons. The van der Waals surface area contributed by atoms with Gasteiger partial charge in [0.1, 0.15) is 0 Å². The van der Waals surface area contributed by atoms with Gasteiger partial charge >= 0.3 is 65.9 Å². The van der Waals surface area contributed by atoms with Gasteiger partial charge in [-0.1, -0.05) is 69.2 Å². The van der Waals surface area contributed by atoms with E-state index < -0.39 is 0 Å². The van der Waals surface area contributed by atoms with Gasteiger partial charge in [-0.3, -0.25) is 0 Å². The monoisotopic (exact) mass is 572 g/mol. The Balaban J connectivity index is 0. The molecule has 0 saturated carbocycles. The molecule has 0 nitrogen and oxygen atoms in total. The molecule has 0 spiro atoms. The Hall–Kier alpha value is 0.623. The van der Waals surface area contributed by atoms with E-state index in [1.807, 2.05) is 0 Å². The molecular formula is C25H39PSSeZr-3. The summed E-state index contributed by atoms with van der Waals surface area (Å²) in [6, 6.07) is 0. The fourth-order valence-electron chi connectivity index (χ4n) is 2.95. The van der Waals surface area contributed by atoms with E-state index in [9.17, 15) is 0 Å². The molecule has 2 rings (SSSR count). The molecule has 4 heteroatoms. The Bertz CT molecular complexity index is 616. The van der Waals surface area contributed by atoms with Crippen molar-refractivity contribution in [1.82, 2.24) is 0 Å². The summed E-state index contributed by atoms with van der Waals surface area (Å²) in [5.74, 6) is 0. The normalized spacial score (nSPS) is 11.2. The van der Waals surface area contributed by atoms with Crippen LogP contribution >= 0.6 is 6.89 Å². The van der Waals surface area contributed by atoms with Crippen molar-refractivity contribution in [2.24, 2.45) is 5.41 Å². The van der Waals surface area contributed by atoms with Crippen LogP contribution in [0.2, 0.25) is 0 Å². The van der Waals surface area contributed by atoms with Crippen molar-refractivity contribution in [3.63, 3.8) is 0 Å². The largest absolute Gasteiger partial charge is 0.196 e. The molecule has 163 valence electrons. The minimum Gasteiger partial charge on any atom is -0.196 e. The number of hydrogen-bond donors (Lipinski definition) is 0. The van der Waals surface area contributed by atoms with Crippen LogP contribution in [0.25, 0.3) is 0 Å². The predicted octanol–water partition coefficient (Wildman–Crippen LogP) is 7.63. The molecule has 2 aromatic carbocycles. The molecule has 0 unspecified atom stereocenters. The Morgan fingerprint density at radius 1 is 0.690 bits per heavy atom. The quantitative estimate of drug-likeness (QED) is 0.135. The van der Waals surface area contributed by atoms with Gasteiger partial charge in [-0.05, 0) is 0 Å². The molecule has 0 heterocycles. The van der Waals surface area contributed by atoms with Crippen LogP contribution in [-0.4, -0.2) is 20.2 Å². The van der Waals surface area contributed by atoms with Gasteiger partial charge in [-0.25, -0.2) is 0 Å². The topological polar surface area (TPSA) is 0 Å². The standard InChI is InChI=1S/2C10H15.C5H10PSSe.Zr/c2*1-6-7(2)9(4)10(5)8(6)3;1-5(2,3)4(7)6-8;/h2*1-5H3;7H,1-3H3;/q2*-1;;/p-1. The SMILES string of the molecule is CC(C)(C)C([S-])=P[Se].Cc1c(C)c(C)[c-](C)c1C.Cc1c(C)c(C)[c-](C)c1C.[Zr]. The van der Waals surface area contributed by atoms with E-state index in [4.69, 9.17) is 12.6 Å². The molecule has 0 aromatic heterocycles. The van der Waals surface area contributed by atoms with Crippen LogP contribution < -0.4 is 0 Å². The average molecular weight is 573 g/mol. The van der Waals surface area contributed by atoms with Crippen molar-refractivity contribution in [1.29, 1.82) is 0 Å². The van der Waals surface area contributed by atoms with Crippen molar-refractivity contribution in [2.75, 3.05) is 0 Å². The van der Waals surface area contributed by atoms with Gasteiger partial charge in [0.05, 0.1) is 0 Å². The summed E-state index contributed by atoms with van der Waals surface area (Å²) < 4.78 is 1.08. The van der Waals surface area contributed by atoms with Gasteiger partial charge in [-0.15, -0.1) is 0 Å². The maximum absolute atomic E-state index is 5.05. The van der Waals surface area contributed by atoms with Gasteiger partial charge in [0.25, 0.3) is 0 Å². The Labute approximate surface area is 215 Å². The van der Waals surface area contributed by atoms with Crippen molar-refractivity contribution in [2.45, 2.75) is 90.0 Å². The molecule has 0 atom stereocenters. The zero-order valence-electron chi connectivity index (χ0n) is 20.8. The maximum Gasteiger partial charge on any atom is 0 e. The smallest absolute Gasteiger partial charge is 0 e. The van der Waals surface area contributed by atoms with E-state index in [2.05, 4.69) is 106 Å². The number of rotatable bonds is 0. The zero-order chi connectivity index (χ0) is 22.6. The summed E-state index contributed by atoms with van der Waals surface area (Å²) in [6.07, 6.45) is 0. The van der Waals surface area contributed by atoms with E-state index in [0.29, 0.717) is 0 Å². The van der Waals surface area contributed by atoms with Crippen LogP contribution in [0, 0.1) is 74.7 Å². The third kappa shape index (κ3) is 8.58. The van der Waals surface area contributed by atoms with Gasteiger partial charge < -0.3 is 0 Å². The molecule has 0 amide bonds. The second kappa shape index (κ2) is 13.2. The minimum atomic E-state index is 0. The van der Waals surface area contributed by atoms with E-state index in [0.717, 1.165) is 11.5 Å². The van der Waals surface area contributed by atoms with Crippen molar-refractivity contribution in [3.05, 3.63) is 55.6 Å². The third-order valence-corrected chi connectivity index (χ3v) is 10.0. The summed E-state index contributed by atoms with van der Waals surface area (Å²) >= 11 is 7.93. The van der Waals surface area contributed by atoms with E-state index in [-0.39, 0.29) is 31.6 Å². The molecule has 0 aliphatic carbocycles. The first-order valence-electron chi connectivity index (χ1n) is 9.86. The van der Waals surface area contributed by atoms with Crippen LogP contribution in [0.15, 0.2) is 0 Å². The van der Waals surface area contributed by atoms with Crippen LogP contribution in [0.4, 0.5) is 0 Å². The fourth-order valence-corrected chi connectivity index (χ4v) is 4.95. The summed E-state index contributed by atoms with van der Waals surface area (Å²) in [5, 5.41) is 0. The third-order valence-electron chi connectivity index (χ3n) is 6.35. The second-order valence-corrected chi connectivity index (χ2v) is 11.4. The van der Waals surface area contributed by atoms with Crippen LogP contribution in [-0.2, 0) is 38.8 Å². The zero-order valence-corrected chi connectivity index (χ0v) is 26.6. The van der Waals surface area contributed by atoms with Crippen LogP contribution in [0.3, 0.4) is 0 Å². The first-order chi connectivity index (χ1) is 12.6. The Morgan fingerprint density at radius 3 is 0.931 bits per heavy atom. The summed E-state index contributed by atoms with van der Waals surface area (Å²) in [6.45, 7) is 29.5. The Morgan fingerprint density at radius 2 is 0.897 bits per heavy atom. The predicted molar refractivity (Wildman–Crippen MR) is 136 cm³/mol. The minimum absolute atomic E-state index is 0. The van der Waals surface area contributed by atoms with Gasteiger partial charge in [0.2, 0.25) is 0 Å². The molecule has 0 fully saturated rings. The van der Waals surface area contributed by atoms with Gasteiger partial charge in [0, 0.05) is 26.2 Å². The maximum atomic E-state index is 5.05. The first-order valence-corrected chi connectivity index (χ1v) is 13.4. The summed E-state index contributed by atoms with van der Waals surface area (Å²) in [5.41, 5.74) is 14.9. The van der Waals surface area contributed by atoms with Gasteiger partial charge in [0.15, 0.2) is 0 Å². The summed E-state index contributed by atoms with van der Waals surface area (Å²) in [4.78, 5) is 0. The average Bonchev–Trinajstić information content (AvgIpc) is 2.91. The summed E-state index contributed by atoms with van der Waals surface area (Å²) in [7, 11) is 0. The molecule has 2 aromatic rings. The first kappa shape index (κ1) is 31.8. The van der Waals surface area contributed by atoms with E-state index in [1.54, 1.807) is 0 Å². The molecule has 29 heavy (non-hydrogen) atoms. The van der Waals surface area contributed by atoms with E-state index in [1.165, 1.54) is 55.6 Å². The molecule has 0 aliphatic rings. The second-order valence-electron chi connectivity index (χ2n) is 8.90. The molecule has 0 N–H and O–H groups in total.